The Kier molecular flexibility index (Phi) is 6.57. The van der Waals surface area contributed by atoms with Crippen molar-refractivity contribution in [3.63, 3.8) is 0 Å². The number of ether oxygens (including phenoxy) is 1. The molecule has 8 nitrogen and oxygen atoms in total. The summed E-state index contributed by atoms with van der Waals surface area (Å²) < 4.78 is 7.35. The van der Waals surface area contributed by atoms with Crippen molar-refractivity contribution >= 4 is 5.91 Å². The second-order valence-corrected chi connectivity index (χ2v) is 8.12. The number of likely N-dealkylation sites (tertiary alicyclic amines) is 1. The molecule has 0 N–H and O–H groups in total. The molecule has 0 bridgehead atoms. The molecule has 1 atom stereocenters. The van der Waals surface area contributed by atoms with E-state index < -0.39 is 0 Å². The van der Waals surface area contributed by atoms with E-state index in [1.807, 2.05) is 29.2 Å². The van der Waals surface area contributed by atoms with Crippen LogP contribution in [0.2, 0.25) is 0 Å². The highest BCUT2D eigenvalue weighted by molar-refractivity contribution is 5.78. The van der Waals surface area contributed by atoms with Gasteiger partial charge in [-0.1, -0.05) is 24.3 Å². The van der Waals surface area contributed by atoms with Crippen LogP contribution in [0.3, 0.4) is 0 Å². The van der Waals surface area contributed by atoms with E-state index in [2.05, 4.69) is 58.8 Å². The lowest BCUT2D eigenvalue weighted by Crippen LogP contribution is -2.41. The maximum Gasteiger partial charge on any atom is 0.261 e. The minimum Gasteiger partial charge on any atom is -0.484 e. The highest BCUT2D eigenvalue weighted by Gasteiger charge is 2.28. The maximum absolute atomic E-state index is 13.0. The van der Waals surface area contributed by atoms with Crippen LogP contribution in [0.15, 0.2) is 54.9 Å². The Morgan fingerprint density at radius 1 is 1.10 bits per heavy atom. The van der Waals surface area contributed by atoms with Crippen LogP contribution in [-0.4, -0.2) is 63.2 Å². The van der Waals surface area contributed by atoms with Gasteiger partial charge in [0.25, 0.3) is 5.91 Å². The van der Waals surface area contributed by atoms with Crippen LogP contribution in [0.25, 0.3) is 5.69 Å². The average Bonchev–Trinajstić information content (AvgIpc) is 3.33. The highest BCUT2D eigenvalue weighted by atomic mass is 16.5. The Balaban J connectivity index is 1.38. The number of piperidine rings is 1. The summed E-state index contributed by atoms with van der Waals surface area (Å²) in [6, 6.07) is 16.1. The van der Waals surface area contributed by atoms with Gasteiger partial charge in [-0.25, -0.2) is 4.68 Å². The number of benzene rings is 2. The van der Waals surface area contributed by atoms with E-state index in [4.69, 9.17) is 4.74 Å². The molecule has 31 heavy (non-hydrogen) atoms. The fraction of sp³-hybridized carbons (Fsp3) is 0.391. The third-order valence-corrected chi connectivity index (χ3v) is 5.50. The van der Waals surface area contributed by atoms with Crippen LogP contribution in [-0.2, 0) is 11.3 Å². The van der Waals surface area contributed by atoms with Gasteiger partial charge in [-0.2, -0.15) is 0 Å². The van der Waals surface area contributed by atoms with Crippen molar-refractivity contribution in [3.05, 3.63) is 66.0 Å². The molecule has 0 radical (unpaired) electrons. The zero-order chi connectivity index (χ0) is 21.6. The van der Waals surface area contributed by atoms with Gasteiger partial charge in [-0.3, -0.25) is 4.79 Å². The van der Waals surface area contributed by atoms with Crippen LogP contribution < -0.4 is 4.74 Å². The van der Waals surface area contributed by atoms with E-state index in [0.717, 1.165) is 38.0 Å². The lowest BCUT2D eigenvalue weighted by Gasteiger charge is -2.36. The second-order valence-electron chi connectivity index (χ2n) is 8.12. The van der Waals surface area contributed by atoms with Gasteiger partial charge in [0.05, 0.1) is 11.7 Å². The fourth-order valence-electron chi connectivity index (χ4n) is 3.99. The molecule has 0 saturated carbocycles. The molecule has 1 aliphatic heterocycles. The minimum absolute atomic E-state index is 0.0200. The summed E-state index contributed by atoms with van der Waals surface area (Å²) in [5.74, 6) is 0.665. The van der Waals surface area contributed by atoms with Gasteiger partial charge in [-0.05, 0) is 79.2 Å². The number of hydrogen-bond acceptors (Lipinski definition) is 6. The van der Waals surface area contributed by atoms with Gasteiger partial charge in [-0.15, -0.1) is 5.10 Å². The van der Waals surface area contributed by atoms with E-state index in [-0.39, 0.29) is 18.6 Å². The average molecular weight is 421 g/mol. The number of aromatic nitrogens is 4. The first-order valence-corrected chi connectivity index (χ1v) is 10.6. The smallest absolute Gasteiger partial charge is 0.261 e. The fourth-order valence-corrected chi connectivity index (χ4v) is 3.99. The van der Waals surface area contributed by atoms with E-state index in [1.165, 1.54) is 17.5 Å². The zero-order valence-electron chi connectivity index (χ0n) is 18.0. The number of carbonyl (C=O) groups is 1. The Labute approximate surface area is 182 Å². The van der Waals surface area contributed by atoms with Gasteiger partial charge >= 0.3 is 0 Å². The van der Waals surface area contributed by atoms with Crippen molar-refractivity contribution < 1.29 is 9.53 Å². The van der Waals surface area contributed by atoms with Crippen LogP contribution in [0, 0.1) is 0 Å². The monoisotopic (exact) mass is 420 g/mol. The molecular formula is C23H28N6O2. The minimum atomic E-state index is 0.0200. The van der Waals surface area contributed by atoms with E-state index >= 15 is 0 Å². The Morgan fingerprint density at radius 2 is 1.87 bits per heavy atom. The predicted octanol–water partition coefficient (Wildman–Crippen LogP) is 2.86. The summed E-state index contributed by atoms with van der Waals surface area (Å²) in [7, 11) is 4.13. The highest BCUT2D eigenvalue weighted by Crippen LogP contribution is 2.31. The summed E-state index contributed by atoms with van der Waals surface area (Å²) in [6.45, 7) is 1.71. The third-order valence-electron chi connectivity index (χ3n) is 5.50. The summed E-state index contributed by atoms with van der Waals surface area (Å²) in [5.41, 5.74) is 3.30. The van der Waals surface area contributed by atoms with Crippen molar-refractivity contribution in [2.75, 3.05) is 27.2 Å². The number of rotatable bonds is 7. The molecule has 3 aromatic rings. The lowest BCUT2D eigenvalue weighted by molar-refractivity contribution is -0.137. The Bertz CT molecular complexity index is 970. The van der Waals surface area contributed by atoms with Crippen molar-refractivity contribution in [1.82, 2.24) is 30.0 Å². The Hall–Kier alpha value is -3.26. The number of tetrazole rings is 1. The number of amides is 1. The van der Waals surface area contributed by atoms with Gasteiger partial charge < -0.3 is 14.5 Å². The van der Waals surface area contributed by atoms with E-state index in [0.29, 0.717) is 5.75 Å². The summed E-state index contributed by atoms with van der Waals surface area (Å²) in [6.07, 6.45) is 4.68. The molecule has 1 unspecified atom stereocenters. The van der Waals surface area contributed by atoms with Crippen molar-refractivity contribution in [2.24, 2.45) is 0 Å². The molecule has 0 aliphatic carbocycles. The summed E-state index contributed by atoms with van der Waals surface area (Å²) >= 11 is 0. The maximum atomic E-state index is 13.0. The molecule has 0 spiro atoms. The predicted molar refractivity (Wildman–Crippen MR) is 117 cm³/mol. The Morgan fingerprint density at radius 3 is 2.55 bits per heavy atom. The van der Waals surface area contributed by atoms with Crippen molar-refractivity contribution in [1.29, 1.82) is 0 Å². The standard InChI is InChI=1S/C23H28N6O2/c1-27(2)15-18-6-8-19(9-7-18)22-5-3-4-14-28(22)23(30)16-31-21-12-10-20(11-13-21)29-17-24-25-26-29/h6-13,17,22H,3-5,14-16H2,1-2H3. The number of hydrogen-bond donors (Lipinski definition) is 0. The third kappa shape index (κ3) is 5.27. The summed E-state index contributed by atoms with van der Waals surface area (Å²) in [4.78, 5) is 17.1. The molecule has 2 aromatic carbocycles. The SMILES string of the molecule is CN(C)Cc1ccc(C2CCCCN2C(=O)COc2ccc(-n3cnnn3)cc2)cc1. The molecule has 2 heterocycles. The van der Waals surface area contributed by atoms with Crippen LogP contribution in [0.4, 0.5) is 0 Å². The molecular weight excluding hydrogens is 392 g/mol. The zero-order valence-corrected chi connectivity index (χ0v) is 18.0. The molecule has 1 fully saturated rings. The largest absolute Gasteiger partial charge is 0.484 e. The first-order valence-electron chi connectivity index (χ1n) is 10.6. The summed E-state index contributed by atoms with van der Waals surface area (Å²) in [5, 5.41) is 11.1. The molecule has 1 saturated heterocycles. The van der Waals surface area contributed by atoms with Gasteiger partial charge in [0, 0.05) is 13.1 Å². The van der Waals surface area contributed by atoms with Crippen molar-refractivity contribution in [3.8, 4) is 11.4 Å². The molecule has 8 heteroatoms. The molecule has 4 rings (SSSR count). The first kappa shape index (κ1) is 21.0. The van der Waals surface area contributed by atoms with Crippen LogP contribution in [0.5, 0.6) is 5.75 Å². The second kappa shape index (κ2) is 9.70. The first-order chi connectivity index (χ1) is 15.1. The van der Waals surface area contributed by atoms with Crippen LogP contribution in [0.1, 0.15) is 36.4 Å². The van der Waals surface area contributed by atoms with Gasteiger partial charge in [0.1, 0.15) is 12.1 Å². The normalized spacial score (nSPS) is 16.5. The van der Waals surface area contributed by atoms with E-state index in [1.54, 1.807) is 4.68 Å². The number of nitrogens with zero attached hydrogens (tertiary/aromatic N) is 6. The molecule has 162 valence electrons. The molecule has 1 aliphatic rings. The quantitative estimate of drug-likeness (QED) is 0.585. The van der Waals surface area contributed by atoms with Crippen LogP contribution >= 0.6 is 0 Å². The lowest BCUT2D eigenvalue weighted by atomic mass is 9.94. The molecule has 1 aromatic heterocycles. The van der Waals surface area contributed by atoms with Crippen molar-refractivity contribution in [2.45, 2.75) is 31.8 Å². The van der Waals surface area contributed by atoms with Gasteiger partial charge in [0.2, 0.25) is 0 Å². The van der Waals surface area contributed by atoms with Gasteiger partial charge in [0.15, 0.2) is 6.61 Å². The molecule has 1 amide bonds. The van der Waals surface area contributed by atoms with E-state index in [9.17, 15) is 4.79 Å². The topological polar surface area (TPSA) is 76.4 Å². The number of carbonyl (C=O) groups excluding carboxylic acids is 1.